The summed E-state index contributed by atoms with van der Waals surface area (Å²) in [5.74, 6) is 0. The summed E-state index contributed by atoms with van der Waals surface area (Å²) in [5, 5.41) is 21.6. The number of benzene rings is 2. The maximum absolute atomic E-state index is 8.52. The van der Waals surface area contributed by atoms with E-state index in [1.165, 1.54) is 0 Å². The zero-order chi connectivity index (χ0) is 17.6. The fourth-order valence-corrected chi connectivity index (χ4v) is 1.14. The van der Waals surface area contributed by atoms with E-state index in [2.05, 4.69) is 21.0 Å². The van der Waals surface area contributed by atoms with Crippen LogP contribution in [-0.2, 0) is 10.4 Å². The highest BCUT2D eigenvalue weighted by Crippen LogP contribution is 2.04. The van der Waals surface area contributed by atoms with Gasteiger partial charge in [0.15, 0.2) is 0 Å². The van der Waals surface area contributed by atoms with Crippen molar-refractivity contribution in [3.63, 3.8) is 0 Å². The average Bonchev–Trinajstić information content (AvgIpc) is 2.49. The molecule has 0 spiro atoms. The lowest BCUT2D eigenvalue weighted by molar-refractivity contribution is 0.352. The fraction of sp³-hybridized carbons (Fsp3) is 0. The van der Waals surface area contributed by atoms with Gasteiger partial charge in [-0.3, -0.25) is 8.42 Å². The Labute approximate surface area is 132 Å². The first kappa shape index (κ1) is 19.8. The molecular weight excluding hydrogens is 324 g/mol. The first-order chi connectivity index (χ1) is 10.9. The lowest BCUT2D eigenvalue weighted by Gasteiger charge is -2.06. The number of diazo groups is 2. The quantitative estimate of drug-likeness (QED) is 0.365. The van der Waals surface area contributed by atoms with Crippen molar-refractivity contribution in [2.45, 2.75) is 0 Å². The third-order valence-corrected chi connectivity index (χ3v) is 1.91. The molecule has 0 aliphatic carbocycles. The van der Waals surface area contributed by atoms with Gasteiger partial charge >= 0.3 is 10.2 Å². The Morgan fingerprint density at radius 3 is 1.22 bits per heavy atom. The van der Waals surface area contributed by atoms with Gasteiger partial charge in [0.25, 0.3) is 10.8 Å². The highest BCUT2D eigenvalue weighted by molar-refractivity contribution is 7.79. The molecule has 0 unspecified atom stereocenters. The number of anilines is 2. The molecule has 0 radical (unpaired) electrons. The second-order valence-electron chi connectivity index (χ2n) is 3.56. The Kier molecular flexibility index (Phi) is 9.80. The van der Waals surface area contributed by atoms with E-state index in [0.717, 1.165) is 11.4 Å². The summed E-state index contributed by atoms with van der Waals surface area (Å²) < 4.78 is 34.1. The summed E-state index contributed by atoms with van der Waals surface area (Å²) in [6, 6.07) is 18.4. The summed E-state index contributed by atoms with van der Waals surface area (Å²) >= 11 is 0. The minimum absolute atomic E-state index is 0.778. The largest absolute Gasteiger partial charge is 0.759 e. The number of hydrogen-bond donors (Lipinski definition) is 2. The van der Waals surface area contributed by atoms with Gasteiger partial charge in [0.1, 0.15) is 11.4 Å². The molecule has 0 aromatic heterocycles. The lowest BCUT2D eigenvalue weighted by Crippen LogP contribution is -1.91. The summed E-state index contributed by atoms with van der Waals surface area (Å²) in [6.07, 6.45) is 0. The molecule has 0 bridgehead atoms. The minimum atomic E-state index is -5.17. The number of hydrogen-bond acceptors (Lipinski definition) is 8. The van der Waals surface area contributed by atoms with Crippen molar-refractivity contribution >= 4 is 21.8 Å². The van der Waals surface area contributed by atoms with Crippen LogP contribution in [0.1, 0.15) is 0 Å². The van der Waals surface area contributed by atoms with E-state index in [0.29, 0.717) is 0 Å². The van der Waals surface area contributed by atoms with Crippen LogP contribution in [0.2, 0.25) is 0 Å². The molecule has 0 amide bonds. The summed E-state index contributed by atoms with van der Waals surface area (Å²) in [4.78, 5) is 0. The van der Waals surface area contributed by atoms with Gasteiger partial charge in [0.05, 0.1) is 0 Å². The van der Waals surface area contributed by atoms with Crippen LogP contribution in [0.4, 0.5) is 11.4 Å². The summed E-state index contributed by atoms with van der Waals surface area (Å²) in [7, 11) is -5.17. The van der Waals surface area contributed by atoms with Gasteiger partial charge in [-0.1, -0.05) is 36.4 Å². The molecule has 2 N–H and O–H groups in total. The Morgan fingerprint density at radius 1 is 0.739 bits per heavy atom. The van der Waals surface area contributed by atoms with Gasteiger partial charge in [-0.25, -0.2) is 0 Å². The standard InChI is InChI=1S/2C6H6N3.H2O4S/c2*7-9-8-6-4-2-1-3-5-6;1-5(2,3)4/h2*1-5,8H;(H2,1,2,3,4)/q2*+1;/p-2. The normalized spacial score (nSPS) is 8.70. The van der Waals surface area contributed by atoms with Gasteiger partial charge in [0, 0.05) is 10.4 Å². The molecule has 120 valence electrons. The number of para-hydroxylation sites is 2. The van der Waals surface area contributed by atoms with Crippen molar-refractivity contribution in [3.05, 3.63) is 70.8 Å². The highest BCUT2D eigenvalue weighted by Gasteiger charge is 1.91. The van der Waals surface area contributed by atoms with Crippen molar-refractivity contribution < 1.29 is 17.5 Å². The van der Waals surface area contributed by atoms with Crippen LogP contribution < -0.4 is 10.9 Å². The minimum Gasteiger partial charge on any atom is -0.759 e. The number of nitrogens with zero attached hydrogens (tertiary/aromatic N) is 4. The maximum Gasteiger partial charge on any atom is 0.308 e. The number of rotatable bonds is 2. The van der Waals surface area contributed by atoms with E-state index in [-0.39, 0.29) is 0 Å². The zero-order valence-electron chi connectivity index (χ0n) is 11.6. The topological polar surface area (TPSA) is 161 Å². The van der Waals surface area contributed by atoms with Crippen molar-refractivity contribution in [2.75, 3.05) is 10.9 Å². The van der Waals surface area contributed by atoms with Crippen LogP contribution >= 0.6 is 0 Å². The maximum atomic E-state index is 8.52. The predicted molar refractivity (Wildman–Crippen MR) is 80.8 cm³/mol. The van der Waals surface area contributed by atoms with Crippen molar-refractivity contribution in [1.29, 1.82) is 10.8 Å². The molecule has 2 aromatic rings. The van der Waals surface area contributed by atoms with Crippen LogP contribution in [-0.4, -0.2) is 17.5 Å². The molecule has 0 atom stereocenters. The first-order valence-electron chi connectivity index (χ1n) is 5.84. The predicted octanol–water partition coefficient (Wildman–Crippen LogP) is 2.40. The van der Waals surface area contributed by atoms with Crippen LogP contribution in [0.3, 0.4) is 0 Å². The van der Waals surface area contributed by atoms with E-state index in [4.69, 9.17) is 28.3 Å². The van der Waals surface area contributed by atoms with Crippen LogP contribution in [0.15, 0.2) is 60.7 Å². The average molecular weight is 336 g/mol. The first-order valence-corrected chi connectivity index (χ1v) is 7.17. The van der Waals surface area contributed by atoms with Gasteiger partial charge in [-0.05, 0) is 35.1 Å². The molecule has 0 saturated carbocycles. The van der Waals surface area contributed by atoms with E-state index in [1.807, 2.05) is 36.4 Å². The Bertz CT molecular complexity index is 681. The SMILES string of the molecule is N#[N+]Nc1ccccc1.N#[N+]Nc1ccccc1.O=S(=O)([O-])[O-]. The van der Waals surface area contributed by atoms with Crippen LogP contribution in [0.5, 0.6) is 0 Å². The Balaban J connectivity index is 0.000000332. The molecule has 0 fully saturated rings. The molecule has 0 saturated heterocycles. The van der Waals surface area contributed by atoms with Crippen LogP contribution in [0.25, 0.3) is 10.2 Å². The van der Waals surface area contributed by atoms with Gasteiger partial charge < -0.3 is 9.11 Å². The molecule has 0 heterocycles. The lowest BCUT2D eigenvalue weighted by atomic mass is 10.3. The molecule has 23 heavy (non-hydrogen) atoms. The van der Waals surface area contributed by atoms with Crippen LogP contribution in [0, 0.1) is 10.8 Å². The van der Waals surface area contributed by atoms with E-state index in [1.54, 1.807) is 24.3 Å². The zero-order valence-corrected chi connectivity index (χ0v) is 12.4. The third kappa shape index (κ3) is 15.0. The summed E-state index contributed by atoms with van der Waals surface area (Å²) in [5.41, 5.74) is 6.33. The van der Waals surface area contributed by atoms with Crippen molar-refractivity contribution in [2.24, 2.45) is 0 Å². The fourth-order valence-electron chi connectivity index (χ4n) is 1.14. The summed E-state index contributed by atoms with van der Waals surface area (Å²) in [6.45, 7) is 0. The van der Waals surface area contributed by atoms with E-state index < -0.39 is 10.4 Å². The van der Waals surface area contributed by atoms with Gasteiger partial charge in [-0.15, -0.1) is 0 Å². The van der Waals surface area contributed by atoms with Crippen molar-refractivity contribution in [3.8, 4) is 0 Å². The van der Waals surface area contributed by atoms with Gasteiger partial charge in [-0.2, -0.15) is 0 Å². The van der Waals surface area contributed by atoms with E-state index >= 15 is 0 Å². The Morgan fingerprint density at radius 2 is 1.00 bits per heavy atom. The van der Waals surface area contributed by atoms with Crippen molar-refractivity contribution in [1.82, 2.24) is 0 Å². The highest BCUT2D eigenvalue weighted by atomic mass is 32.3. The molecular formula is C12H12N6O4S. The molecule has 2 aromatic carbocycles. The molecule has 0 aliphatic rings. The second-order valence-corrected chi connectivity index (χ2v) is 4.38. The molecule has 11 heteroatoms. The van der Waals surface area contributed by atoms with E-state index in [9.17, 15) is 0 Å². The Hall–Kier alpha value is -3.25. The molecule has 2 rings (SSSR count). The monoisotopic (exact) mass is 336 g/mol. The number of nitrogens with one attached hydrogen (secondary N) is 2. The molecule has 10 nitrogen and oxygen atoms in total. The smallest absolute Gasteiger partial charge is 0.308 e. The molecule has 0 aliphatic heterocycles. The van der Waals surface area contributed by atoms with Gasteiger partial charge in [0.2, 0.25) is 0 Å². The second kappa shape index (κ2) is 11.4. The third-order valence-electron chi connectivity index (χ3n) is 1.91.